The summed E-state index contributed by atoms with van der Waals surface area (Å²) >= 11 is 0. The number of hydrogen-bond donors (Lipinski definition) is 2. The SMILES string of the molecule is CC(C)(C)c1ccccc1NC(=O)Cc1cnc[nH]1. The van der Waals surface area contributed by atoms with Gasteiger partial charge in [0.05, 0.1) is 12.7 Å². The first-order chi connectivity index (χ1) is 8.97. The van der Waals surface area contributed by atoms with Crippen molar-refractivity contribution in [2.45, 2.75) is 32.6 Å². The Hall–Kier alpha value is -2.10. The number of carbonyl (C=O) groups is 1. The monoisotopic (exact) mass is 257 g/mol. The van der Waals surface area contributed by atoms with E-state index in [1.165, 1.54) is 0 Å². The second-order valence-corrected chi connectivity index (χ2v) is 5.60. The molecular formula is C15H19N3O. The van der Waals surface area contributed by atoms with E-state index in [9.17, 15) is 4.79 Å². The standard InChI is InChI=1S/C15H19N3O/c1-15(2,3)12-6-4-5-7-13(12)18-14(19)8-11-9-16-10-17-11/h4-7,9-10H,8H2,1-3H3,(H,16,17)(H,18,19). The molecule has 0 atom stereocenters. The average Bonchev–Trinajstić information content (AvgIpc) is 2.81. The molecule has 0 aliphatic rings. The van der Waals surface area contributed by atoms with Gasteiger partial charge >= 0.3 is 0 Å². The smallest absolute Gasteiger partial charge is 0.230 e. The van der Waals surface area contributed by atoms with E-state index in [0.29, 0.717) is 6.42 Å². The van der Waals surface area contributed by atoms with Crippen molar-refractivity contribution in [1.82, 2.24) is 9.97 Å². The lowest BCUT2D eigenvalue weighted by molar-refractivity contribution is -0.115. The molecule has 1 aromatic heterocycles. The summed E-state index contributed by atoms with van der Waals surface area (Å²) < 4.78 is 0. The highest BCUT2D eigenvalue weighted by Crippen LogP contribution is 2.29. The Labute approximate surface area is 113 Å². The molecule has 0 bridgehead atoms. The van der Waals surface area contributed by atoms with Crippen molar-refractivity contribution in [3.63, 3.8) is 0 Å². The van der Waals surface area contributed by atoms with Crippen LogP contribution >= 0.6 is 0 Å². The van der Waals surface area contributed by atoms with Gasteiger partial charge in [0.25, 0.3) is 0 Å². The third-order valence-electron chi connectivity index (χ3n) is 2.92. The van der Waals surface area contributed by atoms with Crippen molar-refractivity contribution in [2.75, 3.05) is 5.32 Å². The van der Waals surface area contributed by atoms with E-state index in [1.807, 2.05) is 24.3 Å². The number of carbonyl (C=O) groups excluding carboxylic acids is 1. The number of aromatic nitrogens is 2. The maximum atomic E-state index is 12.0. The molecule has 0 aliphatic heterocycles. The summed E-state index contributed by atoms with van der Waals surface area (Å²) in [5.74, 6) is -0.0408. The summed E-state index contributed by atoms with van der Waals surface area (Å²) in [6.07, 6.45) is 3.54. The van der Waals surface area contributed by atoms with Gasteiger partial charge in [0.1, 0.15) is 0 Å². The normalized spacial score (nSPS) is 11.3. The first-order valence-corrected chi connectivity index (χ1v) is 6.33. The van der Waals surface area contributed by atoms with Gasteiger partial charge in [-0.15, -0.1) is 0 Å². The average molecular weight is 257 g/mol. The van der Waals surface area contributed by atoms with Crippen LogP contribution in [0.5, 0.6) is 0 Å². The topological polar surface area (TPSA) is 57.8 Å². The second kappa shape index (κ2) is 5.26. The zero-order chi connectivity index (χ0) is 13.9. The highest BCUT2D eigenvalue weighted by Gasteiger charge is 2.18. The van der Waals surface area contributed by atoms with E-state index in [0.717, 1.165) is 16.9 Å². The molecule has 2 aromatic rings. The number of anilines is 1. The molecule has 19 heavy (non-hydrogen) atoms. The molecule has 0 saturated carbocycles. The van der Waals surface area contributed by atoms with Crippen molar-refractivity contribution in [3.8, 4) is 0 Å². The van der Waals surface area contributed by atoms with Crippen molar-refractivity contribution >= 4 is 11.6 Å². The first-order valence-electron chi connectivity index (χ1n) is 6.33. The Morgan fingerprint density at radius 2 is 2.05 bits per heavy atom. The molecule has 2 N–H and O–H groups in total. The molecule has 0 unspecified atom stereocenters. The quantitative estimate of drug-likeness (QED) is 0.888. The minimum atomic E-state index is -0.0408. The summed E-state index contributed by atoms with van der Waals surface area (Å²) in [4.78, 5) is 18.8. The van der Waals surface area contributed by atoms with Crippen LogP contribution in [0.4, 0.5) is 5.69 Å². The highest BCUT2D eigenvalue weighted by atomic mass is 16.1. The summed E-state index contributed by atoms with van der Waals surface area (Å²) in [6.45, 7) is 6.40. The number of nitrogens with one attached hydrogen (secondary N) is 2. The zero-order valence-corrected chi connectivity index (χ0v) is 11.5. The molecule has 0 fully saturated rings. The fourth-order valence-corrected chi connectivity index (χ4v) is 1.99. The van der Waals surface area contributed by atoms with Crippen LogP contribution in [0, 0.1) is 0 Å². The van der Waals surface area contributed by atoms with Crippen LogP contribution in [-0.2, 0) is 16.6 Å². The van der Waals surface area contributed by atoms with Gasteiger partial charge < -0.3 is 10.3 Å². The maximum Gasteiger partial charge on any atom is 0.230 e. The predicted molar refractivity (Wildman–Crippen MR) is 76.1 cm³/mol. The molecule has 2 rings (SSSR count). The molecule has 1 heterocycles. The van der Waals surface area contributed by atoms with Crippen LogP contribution < -0.4 is 5.32 Å². The Morgan fingerprint density at radius 3 is 2.68 bits per heavy atom. The Kier molecular flexibility index (Phi) is 3.69. The van der Waals surface area contributed by atoms with Crippen LogP contribution in [0.3, 0.4) is 0 Å². The third kappa shape index (κ3) is 3.44. The fourth-order valence-electron chi connectivity index (χ4n) is 1.99. The van der Waals surface area contributed by atoms with Gasteiger partial charge in [-0.1, -0.05) is 39.0 Å². The molecular weight excluding hydrogens is 238 g/mol. The number of amides is 1. The van der Waals surface area contributed by atoms with Crippen molar-refractivity contribution < 1.29 is 4.79 Å². The van der Waals surface area contributed by atoms with Gasteiger partial charge in [-0.3, -0.25) is 4.79 Å². The summed E-state index contributed by atoms with van der Waals surface area (Å²) in [6, 6.07) is 7.91. The largest absolute Gasteiger partial charge is 0.348 e. The van der Waals surface area contributed by atoms with E-state index in [-0.39, 0.29) is 11.3 Å². The maximum absolute atomic E-state index is 12.0. The van der Waals surface area contributed by atoms with E-state index in [2.05, 4.69) is 36.1 Å². The molecule has 1 amide bonds. The molecule has 4 nitrogen and oxygen atoms in total. The van der Waals surface area contributed by atoms with Crippen LogP contribution in [-0.4, -0.2) is 15.9 Å². The molecule has 0 aliphatic carbocycles. The van der Waals surface area contributed by atoms with Crippen LogP contribution in [0.1, 0.15) is 32.0 Å². The first kappa shape index (κ1) is 13.3. The predicted octanol–water partition coefficient (Wildman–Crippen LogP) is 2.89. The number of H-pyrrole nitrogens is 1. The lowest BCUT2D eigenvalue weighted by atomic mass is 9.86. The minimum Gasteiger partial charge on any atom is -0.348 e. The number of hydrogen-bond acceptors (Lipinski definition) is 2. The highest BCUT2D eigenvalue weighted by molar-refractivity contribution is 5.92. The molecule has 0 saturated heterocycles. The third-order valence-corrected chi connectivity index (χ3v) is 2.92. The number of benzene rings is 1. The minimum absolute atomic E-state index is 0.00212. The van der Waals surface area contributed by atoms with Crippen molar-refractivity contribution in [2.24, 2.45) is 0 Å². The van der Waals surface area contributed by atoms with Crippen LogP contribution in [0.15, 0.2) is 36.8 Å². The number of rotatable bonds is 3. The summed E-state index contributed by atoms with van der Waals surface area (Å²) in [5, 5.41) is 2.97. The Bertz CT molecular complexity index is 553. The lowest BCUT2D eigenvalue weighted by Crippen LogP contribution is -2.20. The van der Waals surface area contributed by atoms with Gasteiger partial charge in [0.15, 0.2) is 0 Å². The lowest BCUT2D eigenvalue weighted by Gasteiger charge is -2.22. The van der Waals surface area contributed by atoms with Gasteiger partial charge in [0.2, 0.25) is 5.91 Å². The van der Waals surface area contributed by atoms with Crippen LogP contribution in [0.25, 0.3) is 0 Å². The van der Waals surface area contributed by atoms with Crippen molar-refractivity contribution in [3.05, 3.63) is 48.0 Å². The molecule has 100 valence electrons. The van der Waals surface area contributed by atoms with E-state index < -0.39 is 0 Å². The summed E-state index contributed by atoms with van der Waals surface area (Å²) in [7, 11) is 0. The van der Waals surface area contributed by atoms with Gasteiger partial charge in [-0.2, -0.15) is 0 Å². The van der Waals surface area contributed by atoms with Crippen LogP contribution in [0.2, 0.25) is 0 Å². The molecule has 0 radical (unpaired) electrons. The van der Waals surface area contributed by atoms with Crippen molar-refractivity contribution in [1.29, 1.82) is 0 Å². The molecule has 4 heteroatoms. The summed E-state index contributed by atoms with van der Waals surface area (Å²) in [5.41, 5.74) is 2.82. The number of nitrogens with zero attached hydrogens (tertiary/aromatic N) is 1. The van der Waals surface area contributed by atoms with E-state index in [1.54, 1.807) is 12.5 Å². The molecule has 0 spiro atoms. The second-order valence-electron chi connectivity index (χ2n) is 5.60. The number of imidazole rings is 1. The Morgan fingerprint density at radius 1 is 1.32 bits per heavy atom. The number of para-hydroxylation sites is 1. The van der Waals surface area contributed by atoms with E-state index in [4.69, 9.17) is 0 Å². The molecule has 1 aromatic carbocycles. The fraction of sp³-hybridized carbons (Fsp3) is 0.333. The van der Waals surface area contributed by atoms with Gasteiger partial charge in [-0.05, 0) is 17.0 Å². The van der Waals surface area contributed by atoms with E-state index >= 15 is 0 Å². The zero-order valence-electron chi connectivity index (χ0n) is 11.5. The number of aromatic amines is 1. The van der Waals surface area contributed by atoms with Gasteiger partial charge in [0, 0.05) is 17.6 Å². The van der Waals surface area contributed by atoms with Gasteiger partial charge in [-0.25, -0.2) is 4.98 Å². The Balaban J connectivity index is 2.13.